The molecule has 0 bridgehead atoms. The van der Waals surface area contributed by atoms with Gasteiger partial charge in [-0.05, 0) is 75.0 Å². The first-order valence-corrected chi connectivity index (χ1v) is 11.2. The zero-order valence-electron chi connectivity index (χ0n) is 17.4. The molecule has 5 nitrogen and oxygen atoms in total. The van der Waals surface area contributed by atoms with Crippen molar-refractivity contribution in [3.63, 3.8) is 0 Å². The van der Waals surface area contributed by atoms with Crippen LogP contribution < -0.4 is 10.9 Å². The number of nitrogens with zero attached hydrogens (tertiary/aromatic N) is 1. The lowest BCUT2D eigenvalue weighted by molar-refractivity contribution is 0.113. The van der Waals surface area contributed by atoms with Crippen LogP contribution in [0.3, 0.4) is 0 Å². The summed E-state index contributed by atoms with van der Waals surface area (Å²) in [6.07, 6.45) is 7.16. The Labute approximate surface area is 177 Å². The topological polar surface area (TPSA) is 57.4 Å². The molecule has 2 N–H and O–H groups in total. The Morgan fingerprint density at radius 3 is 2.72 bits per heavy atom. The molecule has 0 radical (unpaired) electrons. The molecular weight excluding hydrogens is 382 g/mol. The number of H-pyrrole nitrogens is 1. The summed E-state index contributed by atoms with van der Waals surface area (Å²) in [5.74, 6) is 0. The molecule has 1 aromatic carbocycles. The molecule has 4 rings (SSSR count). The first-order chi connectivity index (χ1) is 14.0. The van der Waals surface area contributed by atoms with Gasteiger partial charge < -0.3 is 19.9 Å². The van der Waals surface area contributed by atoms with Crippen molar-refractivity contribution in [1.29, 1.82) is 0 Å². The highest BCUT2D eigenvalue weighted by atomic mass is 32.1. The summed E-state index contributed by atoms with van der Waals surface area (Å²) in [7, 11) is 0. The van der Waals surface area contributed by atoms with E-state index in [0.29, 0.717) is 12.6 Å². The maximum Gasteiger partial charge on any atom is 0.253 e. The lowest BCUT2D eigenvalue weighted by Gasteiger charge is -2.32. The third kappa shape index (κ3) is 4.64. The van der Waals surface area contributed by atoms with Gasteiger partial charge in [-0.2, -0.15) is 0 Å². The van der Waals surface area contributed by atoms with E-state index in [1.165, 1.54) is 18.4 Å². The van der Waals surface area contributed by atoms with Crippen LogP contribution in [0.5, 0.6) is 0 Å². The molecule has 1 saturated heterocycles. The smallest absolute Gasteiger partial charge is 0.253 e. The number of nitrogens with one attached hydrogen (secondary N) is 2. The summed E-state index contributed by atoms with van der Waals surface area (Å²) < 4.78 is 5.72. The lowest BCUT2D eigenvalue weighted by atomic mass is 10.0. The Bertz CT molecular complexity index is 943. The number of aryl methyl sites for hydroxylation is 2. The highest BCUT2D eigenvalue weighted by Gasteiger charge is 2.26. The van der Waals surface area contributed by atoms with Gasteiger partial charge in [0, 0.05) is 35.7 Å². The van der Waals surface area contributed by atoms with E-state index < -0.39 is 0 Å². The average Bonchev–Trinajstić information content (AvgIpc) is 3.38. The van der Waals surface area contributed by atoms with Crippen LogP contribution in [-0.2, 0) is 11.3 Å². The fraction of sp³-hybridized carbons (Fsp3) is 0.565. The first-order valence-electron chi connectivity index (χ1n) is 10.8. The summed E-state index contributed by atoms with van der Waals surface area (Å²) in [6, 6.07) is 6.64. The van der Waals surface area contributed by atoms with E-state index in [1.54, 1.807) is 0 Å². The van der Waals surface area contributed by atoms with Gasteiger partial charge in [0.05, 0.1) is 12.6 Å². The van der Waals surface area contributed by atoms with Crippen LogP contribution in [0.15, 0.2) is 23.0 Å². The zero-order chi connectivity index (χ0) is 20.4. The van der Waals surface area contributed by atoms with E-state index in [2.05, 4.69) is 35.1 Å². The van der Waals surface area contributed by atoms with Gasteiger partial charge in [-0.25, -0.2) is 0 Å². The molecule has 0 unspecified atom stereocenters. The molecular formula is C23H31N3O2S. The summed E-state index contributed by atoms with van der Waals surface area (Å²) in [4.78, 5) is 18.1. The normalized spacial score (nSPS) is 19.7. The van der Waals surface area contributed by atoms with Crippen LogP contribution >= 0.6 is 12.2 Å². The standard InChI is InChI=1S/C23H31N3O2S/c1-15-10-16(2)20-12-17(22(27)25-21(20)11-15)14-26(18-6-3-4-7-18)23(29)24-13-19-8-5-9-28-19/h10-12,18-19H,3-9,13-14H2,1-2H3,(H,24,29)(H,25,27)/t19-/m1/s1. The van der Waals surface area contributed by atoms with Crippen molar-refractivity contribution in [2.75, 3.05) is 13.2 Å². The molecule has 1 saturated carbocycles. The van der Waals surface area contributed by atoms with Crippen LogP contribution in [0.1, 0.15) is 55.2 Å². The number of benzene rings is 1. The van der Waals surface area contributed by atoms with Crippen molar-refractivity contribution in [2.45, 2.75) is 71.1 Å². The van der Waals surface area contributed by atoms with Crippen LogP contribution in [-0.4, -0.2) is 40.3 Å². The predicted octanol–water partition coefficient (Wildman–Crippen LogP) is 3.94. The van der Waals surface area contributed by atoms with Gasteiger partial charge >= 0.3 is 0 Å². The summed E-state index contributed by atoms with van der Waals surface area (Å²) >= 11 is 5.77. The molecule has 1 aromatic heterocycles. The highest BCUT2D eigenvalue weighted by Crippen LogP contribution is 2.26. The van der Waals surface area contributed by atoms with Crippen molar-refractivity contribution in [3.05, 3.63) is 45.2 Å². The number of aromatic amines is 1. The molecule has 156 valence electrons. The Kier molecular flexibility index (Phi) is 6.20. The quantitative estimate of drug-likeness (QED) is 0.727. The molecule has 6 heteroatoms. The van der Waals surface area contributed by atoms with E-state index in [1.807, 2.05) is 12.1 Å². The SMILES string of the molecule is Cc1cc(C)c2cc(CN(C(=S)NC[C@H]3CCCO3)C3CCCC3)c(=O)[nH]c2c1. The first kappa shape index (κ1) is 20.4. The monoisotopic (exact) mass is 413 g/mol. The molecule has 2 fully saturated rings. The fourth-order valence-corrected chi connectivity index (χ4v) is 5.00. The van der Waals surface area contributed by atoms with Gasteiger partial charge in [0.15, 0.2) is 5.11 Å². The van der Waals surface area contributed by atoms with Crippen molar-refractivity contribution >= 4 is 28.2 Å². The van der Waals surface area contributed by atoms with E-state index in [-0.39, 0.29) is 11.7 Å². The van der Waals surface area contributed by atoms with Crippen molar-refractivity contribution in [2.24, 2.45) is 0 Å². The minimum Gasteiger partial charge on any atom is -0.376 e. The second-order valence-electron chi connectivity index (χ2n) is 8.55. The molecule has 2 aliphatic rings. The largest absolute Gasteiger partial charge is 0.376 e. The van der Waals surface area contributed by atoms with Crippen LogP contribution in [0.4, 0.5) is 0 Å². The average molecular weight is 414 g/mol. The molecule has 0 amide bonds. The number of pyridine rings is 1. The third-order valence-corrected chi connectivity index (χ3v) is 6.64. The minimum absolute atomic E-state index is 0.0209. The van der Waals surface area contributed by atoms with Crippen LogP contribution in [0, 0.1) is 13.8 Å². The van der Waals surface area contributed by atoms with Gasteiger partial charge in [-0.1, -0.05) is 18.9 Å². The van der Waals surface area contributed by atoms with Crippen LogP contribution in [0.2, 0.25) is 0 Å². The van der Waals surface area contributed by atoms with Crippen molar-refractivity contribution < 1.29 is 4.74 Å². The van der Waals surface area contributed by atoms with E-state index in [0.717, 1.165) is 66.0 Å². The number of rotatable bonds is 5. The summed E-state index contributed by atoms with van der Waals surface area (Å²) in [5, 5.41) is 5.27. The Balaban J connectivity index is 1.57. The van der Waals surface area contributed by atoms with E-state index in [9.17, 15) is 4.79 Å². The Morgan fingerprint density at radius 1 is 1.21 bits per heavy atom. The Hall–Kier alpha value is -1.92. The van der Waals surface area contributed by atoms with Crippen molar-refractivity contribution in [1.82, 2.24) is 15.2 Å². The molecule has 1 aliphatic carbocycles. The third-order valence-electron chi connectivity index (χ3n) is 6.26. The number of hydrogen-bond acceptors (Lipinski definition) is 3. The van der Waals surface area contributed by atoms with Crippen molar-refractivity contribution in [3.8, 4) is 0 Å². The summed E-state index contributed by atoms with van der Waals surface area (Å²) in [6.45, 7) is 6.28. The summed E-state index contributed by atoms with van der Waals surface area (Å²) in [5.41, 5.74) is 4.00. The molecule has 1 aliphatic heterocycles. The fourth-order valence-electron chi connectivity index (χ4n) is 4.71. The number of fused-ring (bicyclic) bond motifs is 1. The van der Waals surface area contributed by atoms with Gasteiger partial charge in [0.25, 0.3) is 5.56 Å². The second-order valence-corrected chi connectivity index (χ2v) is 8.94. The molecule has 29 heavy (non-hydrogen) atoms. The minimum atomic E-state index is -0.0209. The molecule has 2 aromatic rings. The Morgan fingerprint density at radius 2 is 2.00 bits per heavy atom. The molecule has 2 heterocycles. The molecule has 0 spiro atoms. The van der Waals surface area contributed by atoms with Gasteiger partial charge in [0.1, 0.15) is 0 Å². The van der Waals surface area contributed by atoms with Gasteiger partial charge in [0.2, 0.25) is 0 Å². The number of aromatic nitrogens is 1. The van der Waals surface area contributed by atoms with Crippen LogP contribution in [0.25, 0.3) is 10.9 Å². The number of hydrogen-bond donors (Lipinski definition) is 2. The van der Waals surface area contributed by atoms with E-state index in [4.69, 9.17) is 17.0 Å². The molecule has 1 atom stereocenters. The van der Waals surface area contributed by atoms with Gasteiger partial charge in [-0.3, -0.25) is 4.79 Å². The zero-order valence-corrected chi connectivity index (χ0v) is 18.2. The maximum atomic E-state index is 12.8. The number of thiocarbonyl (C=S) groups is 1. The predicted molar refractivity (Wildman–Crippen MR) is 121 cm³/mol. The number of ether oxygens (including phenoxy) is 1. The van der Waals surface area contributed by atoms with Gasteiger partial charge in [-0.15, -0.1) is 0 Å². The maximum absolute atomic E-state index is 12.8. The lowest BCUT2D eigenvalue weighted by Crippen LogP contribution is -2.47. The highest BCUT2D eigenvalue weighted by molar-refractivity contribution is 7.80. The second kappa shape index (κ2) is 8.84. The van der Waals surface area contributed by atoms with E-state index >= 15 is 0 Å².